The van der Waals surface area contributed by atoms with Gasteiger partial charge in [0.25, 0.3) is 11.1 Å². The van der Waals surface area contributed by atoms with E-state index in [9.17, 15) is 19.5 Å². The molecular weight excluding hydrogens is 306 g/mol. The highest BCUT2D eigenvalue weighted by atomic mass is 32.2. The smallest absolute Gasteiger partial charge is 0.329 e. The van der Waals surface area contributed by atoms with Gasteiger partial charge in [0, 0.05) is 5.56 Å². The number of hydrogen-bond acceptors (Lipinski definition) is 6. The summed E-state index contributed by atoms with van der Waals surface area (Å²) in [6, 6.07) is 5.48. The number of benzene rings is 1. The van der Waals surface area contributed by atoms with E-state index >= 15 is 0 Å². The van der Waals surface area contributed by atoms with Crippen LogP contribution in [0.3, 0.4) is 0 Å². The van der Waals surface area contributed by atoms with Crippen molar-refractivity contribution < 1.29 is 24.2 Å². The molecule has 1 saturated heterocycles. The lowest BCUT2D eigenvalue weighted by atomic mass is 10.2. The highest BCUT2D eigenvalue weighted by molar-refractivity contribution is 8.18. The molecule has 1 heterocycles. The molecule has 116 valence electrons. The first-order chi connectivity index (χ1) is 10.5. The molecule has 0 aromatic heterocycles. The Hall–Kier alpha value is -2.28. The van der Waals surface area contributed by atoms with E-state index in [1.807, 2.05) is 0 Å². The summed E-state index contributed by atoms with van der Waals surface area (Å²) in [4.78, 5) is 37.0. The average molecular weight is 321 g/mol. The van der Waals surface area contributed by atoms with E-state index in [2.05, 4.69) is 0 Å². The quantitative estimate of drug-likeness (QED) is 0.677. The molecule has 1 N–H and O–H groups in total. The van der Waals surface area contributed by atoms with Gasteiger partial charge in [-0.3, -0.25) is 14.5 Å². The maximum absolute atomic E-state index is 12.3. The number of phenolic OH excluding ortho intramolecular Hbond substituents is 1. The zero-order valence-electron chi connectivity index (χ0n) is 12.1. The maximum Gasteiger partial charge on any atom is 0.329 e. The van der Waals surface area contributed by atoms with Crippen LogP contribution in [0.1, 0.15) is 19.4 Å². The van der Waals surface area contributed by atoms with Gasteiger partial charge in [-0.15, -0.1) is 0 Å². The molecule has 6 nitrogen and oxygen atoms in total. The summed E-state index contributed by atoms with van der Waals surface area (Å²) in [5, 5.41) is 9.18. The highest BCUT2D eigenvalue weighted by Gasteiger charge is 2.41. The topological polar surface area (TPSA) is 83.9 Å². The van der Waals surface area contributed by atoms with E-state index in [4.69, 9.17) is 4.74 Å². The van der Waals surface area contributed by atoms with Crippen molar-refractivity contribution in [3.63, 3.8) is 0 Å². The molecular formula is C15H15NO5S. The van der Waals surface area contributed by atoms with Crippen LogP contribution in [0.25, 0.3) is 6.08 Å². The second-order valence-corrected chi connectivity index (χ2v) is 5.53. The Balaban J connectivity index is 2.26. The Labute approximate surface area is 131 Å². The van der Waals surface area contributed by atoms with Gasteiger partial charge >= 0.3 is 5.97 Å². The molecule has 7 heteroatoms. The van der Waals surface area contributed by atoms with Crippen molar-refractivity contribution in [3.8, 4) is 5.75 Å². The van der Waals surface area contributed by atoms with Crippen molar-refractivity contribution >= 4 is 35.0 Å². The van der Waals surface area contributed by atoms with Crippen LogP contribution in [0, 0.1) is 0 Å². The van der Waals surface area contributed by atoms with Crippen LogP contribution in [-0.4, -0.2) is 39.8 Å². The number of rotatable bonds is 4. The Kier molecular flexibility index (Phi) is 4.87. The number of esters is 1. The molecule has 22 heavy (non-hydrogen) atoms. The molecule has 1 fully saturated rings. The minimum atomic E-state index is -0.984. The van der Waals surface area contributed by atoms with Crippen LogP contribution < -0.4 is 0 Å². The summed E-state index contributed by atoms with van der Waals surface area (Å²) >= 11 is 0.729. The van der Waals surface area contributed by atoms with Crippen LogP contribution in [0.4, 0.5) is 4.79 Å². The van der Waals surface area contributed by atoms with Crippen molar-refractivity contribution in [2.24, 2.45) is 0 Å². The van der Waals surface area contributed by atoms with E-state index < -0.39 is 23.2 Å². The molecule has 2 amide bonds. The normalized spacial score (nSPS) is 17.9. The van der Waals surface area contributed by atoms with Crippen LogP contribution in [0.2, 0.25) is 0 Å². The van der Waals surface area contributed by atoms with E-state index in [0.29, 0.717) is 5.56 Å². The summed E-state index contributed by atoms with van der Waals surface area (Å²) in [5.74, 6) is -1.19. The Morgan fingerprint density at radius 3 is 2.73 bits per heavy atom. The number of aromatic hydroxyl groups is 1. The predicted octanol–water partition coefficient (Wildman–Crippen LogP) is 2.38. The van der Waals surface area contributed by atoms with Gasteiger partial charge in [-0.1, -0.05) is 18.2 Å². The van der Waals surface area contributed by atoms with E-state index in [0.717, 1.165) is 16.7 Å². The fraction of sp³-hybridized carbons (Fsp3) is 0.267. The largest absolute Gasteiger partial charge is 0.507 e. The van der Waals surface area contributed by atoms with E-state index in [1.54, 1.807) is 25.1 Å². The first kappa shape index (κ1) is 16.1. The van der Waals surface area contributed by atoms with Gasteiger partial charge in [-0.2, -0.15) is 0 Å². The number of carbonyl (C=O) groups excluding carboxylic acids is 3. The van der Waals surface area contributed by atoms with E-state index in [1.165, 1.54) is 19.1 Å². The van der Waals surface area contributed by atoms with Gasteiger partial charge in [0.05, 0.1) is 11.5 Å². The SMILES string of the molecule is CCOC(=O)[C@@H](C)N1C(=O)S/C(=C\c2ccccc2O)C1=O. The molecule has 0 spiro atoms. The van der Waals surface area contributed by atoms with Gasteiger partial charge < -0.3 is 9.84 Å². The number of imide groups is 1. The summed E-state index contributed by atoms with van der Waals surface area (Å²) < 4.78 is 4.83. The molecule has 0 aliphatic carbocycles. The highest BCUT2D eigenvalue weighted by Crippen LogP contribution is 2.35. The molecule has 1 aromatic rings. The Bertz CT molecular complexity index is 655. The standard InChI is InChI=1S/C15H15NO5S/c1-3-21-14(19)9(2)16-13(18)12(22-15(16)20)8-10-6-4-5-7-11(10)17/h4-9,17H,3H2,1-2H3/b12-8-/t9-/m1/s1. The van der Waals surface area contributed by atoms with E-state index in [-0.39, 0.29) is 17.3 Å². The number of hydrogen-bond donors (Lipinski definition) is 1. The number of para-hydroxylation sites is 1. The fourth-order valence-corrected chi connectivity index (χ4v) is 2.83. The van der Waals surface area contributed by atoms with Gasteiger partial charge in [-0.05, 0) is 37.8 Å². The minimum absolute atomic E-state index is 0.00717. The Morgan fingerprint density at radius 1 is 1.41 bits per heavy atom. The third-order valence-electron chi connectivity index (χ3n) is 3.06. The average Bonchev–Trinajstić information content (AvgIpc) is 2.75. The summed E-state index contributed by atoms with van der Waals surface area (Å²) in [6.07, 6.45) is 1.43. The molecule has 1 aliphatic rings. The first-order valence-electron chi connectivity index (χ1n) is 6.67. The third kappa shape index (κ3) is 3.14. The molecule has 0 radical (unpaired) electrons. The monoisotopic (exact) mass is 321 g/mol. The van der Waals surface area contributed by atoms with Crippen LogP contribution in [0.5, 0.6) is 5.75 Å². The number of carbonyl (C=O) groups is 3. The van der Waals surface area contributed by atoms with Crippen LogP contribution in [-0.2, 0) is 14.3 Å². The number of phenols is 1. The zero-order valence-corrected chi connectivity index (χ0v) is 12.9. The second kappa shape index (κ2) is 6.65. The lowest BCUT2D eigenvalue weighted by molar-refractivity contribution is -0.150. The molecule has 0 bridgehead atoms. The van der Waals surface area contributed by atoms with Crippen molar-refractivity contribution in [1.82, 2.24) is 4.90 Å². The molecule has 0 unspecified atom stereocenters. The van der Waals surface area contributed by atoms with Gasteiger partial charge in [0.1, 0.15) is 11.8 Å². The van der Waals surface area contributed by atoms with Gasteiger partial charge in [0.2, 0.25) is 0 Å². The molecule has 1 aromatic carbocycles. The van der Waals surface area contributed by atoms with Crippen molar-refractivity contribution in [3.05, 3.63) is 34.7 Å². The van der Waals surface area contributed by atoms with Gasteiger partial charge in [0.15, 0.2) is 0 Å². The summed E-state index contributed by atoms with van der Waals surface area (Å²) in [6.45, 7) is 3.26. The zero-order chi connectivity index (χ0) is 16.3. The van der Waals surface area contributed by atoms with Crippen molar-refractivity contribution in [2.45, 2.75) is 19.9 Å². The first-order valence-corrected chi connectivity index (χ1v) is 7.49. The maximum atomic E-state index is 12.3. The number of amides is 2. The predicted molar refractivity (Wildman–Crippen MR) is 82.0 cm³/mol. The number of thioether (sulfide) groups is 1. The number of ether oxygens (including phenoxy) is 1. The molecule has 0 saturated carbocycles. The fourth-order valence-electron chi connectivity index (χ4n) is 1.93. The lowest BCUT2D eigenvalue weighted by Crippen LogP contribution is -2.42. The van der Waals surface area contributed by atoms with Crippen molar-refractivity contribution in [2.75, 3.05) is 6.61 Å². The van der Waals surface area contributed by atoms with Crippen LogP contribution >= 0.6 is 11.8 Å². The summed E-state index contributed by atoms with van der Waals surface area (Å²) in [5.41, 5.74) is 0.428. The third-order valence-corrected chi connectivity index (χ3v) is 3.95. The van der Waals surface area contributed by atoms with Gasteiger partial charge in [-0.25, -0.2) is 4.79 Å². The molecule has 1 aliphatic heterocycles. The van der Waals surface area contributed by atoms with Crippen LogP contribution in [0.15, 0.2) is 29.2 Å². The van der Waals surface area contributed by atoms with Crippen molar-refractivity contribution in [1.29, 1.82) is 0 Å². The Morgan fingerprint density at radius 2 is 2.09 bits per heavy atom. The lowest BCUT2D eigenvalue weighted by Gasteiger charge is -2.19. The number of nitrogens with zero attached hydrogens (tertiary/aromatic N) is 1. The second-order valence-electron chi connectivity index (χ2n) is 4.54. The molecule has 2 rings (SSSR count). The summed E-state index contributed by atoms with van der Waals surface area (Å²) in [7, 11) is 0. The minimum Gasteiger partial charge on any atom is -0.507 e. The molecule has 1 atom stereocenters.